The van der Waals surface area contributed by atoms with E-state index in [0.717, 1.165) is 37.7 Å². The number of piperidine rings is 1. The summed E-state index contributed by atoms with van der Waals surface area (Å²) in [5.74, 6) is -1.21. The van der Waals surface area contributed by atoms with E-state index in [1.807, 2.05) is 12.1 Å². The lowest BCUT2D eigenvalue weighted by Gasteiger charge is -2.37. The molecule has 1 fully saturated rings. The Morgan fingerprint density at radius 1 is 1.21 bits per heavy atom. The van der Waals surface area contributed by atoms with E-state index in [-0.39, 0.29) is 29.3 Å². The number of nitrogens with two attached hydrogens (primary N) is 1. The van der Waals surface area contributed by atoms with Gasteiger partial charge in [-0.1, -0.05) is 0 Å². The molecule has 2 aromatic rings. The largest absolute Gasteiger partial charge is 0.405 e. The van der Waals surface area contributed by atoms with Gasteiger partial charge in [0, 0.05) is 38.2 Å². The van der Waals surface area contributed by atoms with E-state index < -0.39 is 18.6 Å². The number of nitrogens with one attached hydrogen (secondary N) is 2. The van der Waals surface area contributed by atoms with Crippen LogP contribution in [0.2, 0.25) is 0 Å². The molecule has 2 amide bonds. The van der Waals surface area contributed by atoms with Gasteiger partial charge in [0.1, 0.15) is 18.4 Å². The summed E-state index contributed by atoms with van der Waals surface area (Å²) in [5.41, 5.74) is 6.42. The number of amides is 2. The highest BCUT2D eigenvalue weighted by molar-refractivity contribution is 5.97. The van der Waals surface area contributed by atoms with Crippen molar-refractivity contribution in [2.75, 3.05) is 42.7 Å². The van der Waals surface area contributed by atoms with Gasteiger partial charge in [-0.3, -0.25) is 9.59 Å². The van der Waals surface area contributed by atoms with Crippen molar-refractivity contribution in [3.05, 3.63) is 36.0 Å². The molecule has 0 spiro atoms. The van der Waals surface area contributed by atoms with Crippen LogP contribution in [-0.4, -0.2) is 66.1 Å². The molecular weight excluding hydrogens is 439 g/mol. The number of rotatable bonds is 7. The zero-order valence-corrected chi connectivity index (χ0v) is 18.3. The van der Waals surface area contributed by atoms with Gasteiger partial charge in [0.05, 0.1) is 5.56 Å². The van der Waals surface area contributed by atoms with Gasteiger partial charge >= 0.3 is 6.18 Å². The van der Waals surface area contributed by atoms with Crippen LogP contribution in [0.4, 0.5) is 36.3 Å². The zero-order chi connectivity index (χ0) is 24.2. The summed E-state index contributed by atoms with van der Waals surface area (Å²) in [4.78, 5) is 35.6. The van der Waals surface area contributed by atoms with Gasteiger partial charge in [0.25, 0.3) is 5.91 Å². The van der Waals surface area contributed by atoms with Crippen LogP contribution in [0, 0.1) is 0 Å². The van der Waals surface area contributed by atoms with Gasteiger partial charge in [-0.2, -0.15) is 18.2 Å². The molecular formula is C21H26F3N7O2. The maximum Gasteiger partial charge on any atom is 0.405 e. The summed E-state index contributed by atoms with van der Waals surface area (Å²) < 4.78 is 37.7. The summed E-state index contributed by atoms with van der Waals surface area (Å²) in [6.45, 7) is -0.607. The number of likely N-dealkylation sites (N-methyl/N-ethyl adjacent to an activating group) is 1. The fraction of sp³-hybridized carbons (Fsp3) is 0.429. The second-order valence-corrected chi connectivity index (χ2v) is 7.90. The molecule has 2 heterocycles. The maximum absolute atomic E-state index is 12.6. The fourth-order valence-corrected chi connectivity index (χ4v) is 3.60. The molecule has 0 unspecified atom stereocenters. The van der Waals surface area contributed by atoms with Crippen molar-refractivity contribution in [2.45, 2.75) is 31.5 Å². The number of anilines is 4. The number of aromatic nitrogens is 2. The standard InChI is InChI=1S/C21H26F3N7O2/c1-30(2)19(33)16-5-3-4-10-31(16)14-8-6-13(7-9-14)28-20-26-11-15(17(25)32)18(29-20)27-12-21(22,23)24/h6-9,11,16H,3-5,10,12H2,1-2H3,(H2,25,32)(H2,26,27,28,29)/t16-/m0/s1. The van der Waals surface area contributed by atoms with Crippen LogP contribution in [0.15, 0.2) is 30.5 Å². The Bertz CT molecular complexity index is 996. The average Bonchev–Trinajstić information content (AvgIpc) is 2.77. The number of alkyl halides is 3. The molecule has 1 aromatic carbocycles. The van der Waals surface area contributed by atoms with Gasteiger partial charge < -0.3 is 26.2 Å². The van der Waals surface area contributed by atoms with Crippen molar-refractivity contribution in [3.8, 4) is 0 Å². The molecule has 1 aliphatic rings. The van der Waals surface area contributed by atoms with Crippen molar-refractivity contribution < 1.29 is 22.8 Å². The first-order valence-corrected chi connectivity index (χ1v) is 10.4. The Morgan fingerprint density at radius 3 is 2.52 bits per heavy atom. The molecule has 0 saturated carbocycles. The molecule has 33 heavy (non-hydrogen) atoms. The third-order valence-corrected chi connectivity index (χ3v) is 5.19. The van der Waals surface area contributed by atoms with Gasteiger partial charge in [-0.15, -0.1) is 0 Å². The van der Waals surface area contributed by atoms with Crippen LogP contribution in [0.3, 0.4) is 0 Å². The Kier molecular flexibility index (Phi) is 7.24. The Morgan fingerprint density at radius 2 is 1.91 bits per heavy atom. The van der Waals surface area contributed by atoms with E-state index in [9.17, 15) is 22.8 Å². The second-order valence-electron chi connectivity index (χ2n) is 7.90. The number of carbonyl (C=O) groups excluding carboxylic acids is 2. The average molecular weight is 465 g/mol. The van der Waals surface area contributed by atoms with Crippen LogP contribution in [0.5, 0.6) is 0 Å². The van der Waals surface area contributed by atoms with E-state index in [1.165, 1.54) is 0 Å². The number of nitrogens with zero attached hydrogens (tertiary/aromatic N) is 4. The normalized spacial score (nSPS) is 16.3. The number of hydrogen-bond acceptors (Lipinski definition) is 7. The minimum absolute atomic E-state index is 0.00365. The molecule has 1 aliphatic heterocycles. The Labute approximate surface area is 189 Å². The molecule has 0 radical (unpaired) electrons. The molecule has 12 heteroatoms. The van der Waals surface area contributed by atoms with Crippen molar-refractivity contribution in [1.29, 1.82) is 0 Å². The summed E-state index contributed by atoms with van der Waals surface area (Å²) in [5, 5.41) is 4.98. The third-order valence-electron chi connectivity index (χ3n) is 5.19. The Balaban J connectivity index is 1.76. The van der Waals surface area contributed by atoms with Gasteiger partial charge in [-0.25, -0.2) is 4.98 Å². The summed E-state index contributed by atoms with van der Waals surface area (Å²) >= 11 is 0. The SMILES string of the molecule is CN(C)C(=O)[C@@H]1CCCCN1c1ccc(Nc2ncc(C(N)=O)c(NCC(F)(F)F)n2)cc1. The molecule has 1 saturated heterocycles. The van der Waals surface area contributed by atoms with E-state index in [1.54, 1.807) is 31.1 Å². The molecule has 1 atom stereocenters. The van der Waals surface area contributed by atoms with Crippen molar-refractivity contribution in [3.63, 3.8) is 0 Å². The highest BCUT2D eigenvalue weighted by Crippen LogP contribution is 2.28. The molecule has 178 valence electrons. The highest BCUT2D eigenvalue weighted by atomic mass is 19.4. The molecule has 1 aromatic heterocycles. The van der Waals surface area contributed by atoms with Gasteiger partial charge in [0.2, 0.25) is 11.9 Å². The van der Waals surface area contributed by atoms with E-state index in [4.69, 9.17) is 5.73 Å². The zero-order valence-electron chi connectivity index (χ0n) is 18.3. The van der Waals surface area contributed by atoms with Crippen LogP contribution in [0.1, 0.15) is 29.6 Å². The summed E-state index contributed by atoms with van der Waals surface area (Å²) in [6, 6.07) is 7.00. The summed E-state index contributed by atoms with van der Waals surface area (Å²) in [6.07, 6.45) is -0.668. The summed E-state index contributed by atoms with van der Waals surface area (Å²) in [7, 11) is 3.48. The molecule has 4 N–H and O–H groups in total. The maximum atomic E-state index is 12.6. The minimum Gasteiger partial charge on any atom is -0.365 e. The monoisotopic (exact) mass is 465 g/mol. The molecule has 0 bridgehead atoms. The van der Waals surface area contributed by atoms with Crippen molar-refractivity contribution >= 4 is 35.0 Å². The molecule has 9 nitrogen and oxygen atoms in total. The van der Waals surface area contributed by atoms with Gasteiger partial charge in [-0.05, 0) is 43.5 Å². The number of halogens is 3. The first kappa shape index (κ1) is 24.1. The predicted molar refractivity (Wildman–Crippen MR) is 118 cm³/mol. The predicted octanol–water partition coefficient (Wildman–Crippen LogP) is 2.74. The first-order chi connectivity index (χ1) is 15.5. The lowest BCUT2D eigenvalue weighted by Crippen LogP contribution is -2.49. The first-order valence-electron chi connectivity index (χ1n) is 10.4. The Hall–Kier alpha value is -3.57. The quantitative estimate of drug-likeness (QED) is 0.576. The van der Waals surface area contributed by atoms with Crippen LogP contribution in [-0.2, 0) is 4.79 Å². The van der Waals surface area contributed by atoms with Crippen molar-refractivity contribution in [2.24, 2.45) is 5.73 Å². The number of hydrogen-bond donors (Lipinski definition) is 3. The second kappa shape index (κ2) is 9.92. The van der Waals surface area contributed by atoms with E-state index in [0.29, 0.717) is 5.69 Å². The molecule has 3 rings (SSSR count). The minimum atomic E-state index is -4.50. The van der Waals surface area contributed by atoms with Crippen LogP contribution >= 0.6 is 0 Å². The lowest BCUT2D eigenvalue weighted by atomic mass is 10.00. The number of primary amides is 1. The van der Waals surface area contributed by atoms with Crippen LogP contribution in [0.25, 0.3) is 0 Å². The lowest BCUT2D eigenvalue weighted by molar-refractivity contribution is -0.130. The topological polar surface area (TPSA) is 116 Å². The van der Waals surface area contributed by atoms with E-state index >= 15 is 0 Å². The van der Waals surface area contributed by atoms with Crippen LogP contribution < -0.4 is 21.3 Å². The molecule has 0 aliphatic carbocycles. The number of carbonyl (C=O) groups is 2. The van der Waals surface area contributed by atoms with Crippen molar-refractivity contribution in [1.82, 2.24) is 14.9 Å². The highest BCUT2D eigenvalue weighted by Gasteiger charge is 2.30. The van der Waals surface area contributed by atoms with E-state index in [2.05, 4.69) is 25.5 Å². The third kappa shape index (κ3) is 6.24. The fourth-order valence-electron chi connectivity index (χ4n) is 3.60. The smallest absolute Gasteiger partial charge is 0.365 e. The van der Waals surface area contributed by atoms with Gasteiger partial charge in [0.15, 0.2) is 0 Å². The number of benzene rings is 1.